The summed E-state index contributed by atoms with van der Waals surface area (Å²) in [5, 5.41) is 2.82. The first kappa shape index (κ1) is 22.2. The number of carbonyl (C=O) groups excluding carboxylic acids is 1. The second kappa shape index (κ2) is 9.99. The zero-order valence-corrected chi connectivity index (χ0v) is 18.1. The third kappa shape index (κ3) is 5.76. The Bertz CT molecular complexity index is 1140. The van der Waals surface area contributed by atoms with E-state index < -0.39 is 10.0 Å². The van der Waals surface area contributed by atoms with E-state index in [2.05, 4.69) is 10.0 Å². The van der Waals surface area contributed by atoms with Crippen LogP contribution in [0.5, 0.6) is 11.5 Å². The van der Waals surface area contributed by atoms with Crippen LogP contribution in [-0.2, 0) is 16.6 Å². The number of para-hydroxylation sites is 2. The Hall–Kier alpha value is -3.52. The molecule has 0 radical (unpaired) electrons. The molecular weight excluding hydrogens is 416 g/mol. The molecule has 31 heavy (non-hydrogen) atoms. The van der Waals surface area contributed by atoms with E-state index in [4.69, 9.17) is 9.47 Å². The van der Waals surface area contributed by atoms with Crippen LogP contribution in [0.2, 0.25) is 0 Å². The molecule has 1 amide bonds. The van der Waals surface area contributed by atoms with Crippen LogP contribution < -0.4 is 19.5 Å². The molecule has 2 N–H and O–H groups in total. The van der Waals surface area contributed by atoms with Crippen LogP contribution >= 0.6 is 0 Å². The van der Waals surface area contributed by atoms with Crippen LogP contribution in [0.3, 0.4) is 0 Å². The maximum atomic E-state index is 12.7. The van der Waals surface area contributed by atoms with E-state index in [1.807, 2.05) is 31.2 Å². The van der Waals surface area contributed by atoms with Crippen molar-refractivity contribution in [1.29, 1.82) is 0 Å². The average Bonchev–Trinajstić information content (AvgIpc) is 2.78. The lowest BCUT2D eigenvalue weighted by molar-refractivity contribution is 0.0950. The van der Waals surface area contributed by atoms with Crippen molar-refractivity contribution in [3.05, 3.63) is 83.9 Å². The van der Waals surface area contributed by atoms with Crippen molar-refractivity contribution < 1.29 is 22.7 Å². The van der Waals surface area contributed by atoms with Crippen molar-refractivity contribution in [2.75, 3.05) is 18.4 Å². The fraction of sp³-hybridized carbons (Fsp3) is 0.174. The first-order valence-electron chi connectivity index (χ1n) is 9.69. The van der Waals surface area contributed by atoms with Crippen molar-refractivity contribution in [1.82, 2.24) is 5.32 Å². The van der Waals surface area contributed by atoms with Gasteiger partial charge in [0.2, 0.25) is 0 Å². The van der Waals surface area contributed by atoms with E-state index in [0.29, 0.717) is 30.2 Å². The van der Waals surface area contributed by atoms with E-state index in [-0.39, 0.29) is 10.8 Å². The van der Waals surface area contributed by atoms with Gasteiger partial charge in [0.15, 0.2) is 0 Å². The van der Waals surface area contributed by atoms with Crippen molar-refractivity contribution in [2.24, 2.45) is 0 Å². The molecule has 0 aliphatic heterocycles. The van der Waals surface area contributed by atoms with Gasteiger partial charge >= 0.3 is 0 Å². The first-order chi connectivity index (χ1) is 14.9. The smallest absolute Gasteiger partial charge is 0.262 e. The molecule has 8 heteroatoms. The largest absolute Gasteiger partial charge is 0.495 e. The summed E-state index contributed by atoms with van der Waals surface area (Å²) >= 11 is 0. The molecule has 0 atom stereocenters. The molecule has 0 aliphatic rings. The van der Waals surface area contributed by atoms with Gasteiger partial charge in [-0.05, 0) is 61.0 Å². The van der Waals surface area contributed by atoms with E-state index in [1.54, 1.807) is 24.3 Å². The van der Waals surface area contributed by atoms with Crippen LogP contribution in [0.25, 0.3) is 0 Å². The van der Waals surface area contributed by atoms with Crippen molar-refractivity contribution in [2.45, 2.75) is 18.4 Å². The second-order valence-electron chi connectivity index (χ2n) is 6.59. The Balaban J connectivity index is 1.66. The Kier molecular flexibility index (Phi) is 7.15. The van der Waals surface area contributed by atoms with E-state index in [9.17, 15) is 13.2 Å². The predicted molar refractivity (Wildman–Crippen MR) is 119 cm³/mol. The van der Waals surface area contributed by atoms with Gasteiger partial charge < -0.3 is 14.8 Å². The molecule has 0 saturated carbocycles. The zero-order valence-electron chi connectivity index (χ0n) is 17.3. The number of hydrogen-bond donors (Lipinski definition) is 2. The second-order valence-corrected chi connectivity index (χ2v) is 8.28. The highest BCUT2D eigenvalue weighted by Gasteiger charge is 2.17. The van der Waals surface area contributed by atoms with E-state index in [1.165, 1.54) is 31.4 Å². The highest BCUT2D eigenvalue weighted by Crippen LogP contribution is 2.26. The van der Waals surface area contributed by atoms with Gasteiger partial charge in [-0.3, -0.25) is 9.52 Å². The van der Waals surface area contributed by atoms with Crippen molar-refractivity contribution in [3.63, 3.8) is 0 Å². The number of ether oxygens (including phenoxy) is 2. The summed E-state index contributed by atoms with van der Waals surface area (Å²) < 4.78 is 38.5. The fourth-order valence-corrected chi connectivity index (χ4v) is 3.98. The Morgan fingerprint density at radius 1 is 0.968 bits per heavy atom. The maximum Gasteiger partial charge on any atom is 0.262 e. The van der Waals surface area contributed by atoms with Crippen molar-refractivity contribution >= 4 is 21.6 Å². The minimum absolute atomic E-state index is 0.0411. The summed E-state index contributed by atoms with van der Waals surface area (Å²) in [6.07, 6.45) is 0. The third-order valence-corrected chi connectivity index (χ3v) is 5.82. The molecular formula is C23H24N2O5S. The van der Waals surface area contributed by atoms with Gasteiger partial charge in [-0.15, -0.1) is 0 Å². The van der Waals surface area contributed by atoms with Gasteiger partial charge in [-0.1, -0.05) is 24.3 Å². The Morgan fingerprint density at radius 3 is 2.42 bits per heavy atom. The molecule has 162 valence electrons. The molecule has 3 aromatic carbocycles. The highest BCUT2D eigenvalue weighted by atomic mass is 32.2. The quantitative estimate of drug-likeness (QED) is 0.528. The minimum atomic E-state index is -3.83. The molecule has 0 heterocycles. The lowest BCUT2D eigenvalue weighted by Crippen LogP contribution is -2.23. The van der Waals surface area contributed by atoms with Crippen LogP contribution in [0.4, 0.5) is 5.69 Å². The number of hydrogen-bond acceptors (Lipinski definition) is 5. The summed E-state index contributed by atoms with van der Waals surface area (Å²) in [5.41, 5.74) is 1.60. The number of amides is 1. The molecule has 0 unspecified atom stereocenters. The monoisotopic (exact) mass is 440 g/mol. The van der Waals surface area contributed by atoms with Gasteiger partial charge in [0.1, 0.15) is 11.5 Å². The van der Waals surface area contributed by atoms with Crippen LogP contribution in [0.15, 0.2) is 77.7 Å². The summed E-state index contributed by atoms with van der Waals surface area (Å²) in [6.45, 7) is 2.80. The lowest BCUT2D eigenvalue weighted by Gasteiger charge is -2.12. The highest BCUT2D eigenvalue weighted by molar-refractivity contribution is 7.92. The fourth-order valence-electron chi connectivity index (χ4n) is 2.91. The zero-order chi connectivity index (χ0) is 22.3. The SMILES string of the molecule is CCOc1cccc(CNC(=O)c2ccc(S(=O)(=O)Nc3ccccc3OC)cc2)c1. The summed E-state index contributed by atoms with van der Waals surface area (Å²) in [7, 11) is -2.36. The van der Waals surface area contributed by atoms with Crippen LogP contribution in [0.1, 0.15) is 22.8 Å². The van der Waals surface area contributed by atoms with Gasteiger partial charge in [0, 0.05) is 12.1 Å². The van der Waals surface area contributed by atoms with Gasteiger partial charge in [-0.2, -0.15) is 0 Å². The van der Waals surface area contributed by atoms with Crippen LogP contribution in [-0.4, -0.2) is 28.0 Å². The topological polar surface area (TPSA) is 93.7 Å². The molecule has 0 fully saturated rings. The summed E-state index contributed by atoms with van der Waals surface area (Å²) in [4.78, 5) is 12.5. The minimum Gasteiger partial charge on any atom is -0.495 e. The molecule has 0 spiro atoms. The standard InChI is InChI=1S/C23H24N2O5S/c1-3-30-19-8-6-7-17(15-19)16-24-23(26)18-11-13-20(14-12-18)31(27,28)25-21-9-4-5-10-22(21)29-2/h4-15,25H,3,16H2,1-2H3,(H,24,26). The molecule has 3 aromatic rings. The molecule has 0 saturated heterocycles. The summed E-state index contributed by atoms with van der Waals surface area (Å²) in [5.74, 6) is 0.852. The number of nitrogens with one attached hydrogen (secondary N) is 2. The number of benzene rings is 3. The normalized spacial score (nSPS) is 10.9. The average molecular weight is 441 g/mol. The number of carbonyl (C=O) groups is 1. The van der Waals surface area contributed by atoms with Gasteiger partial charge in [0.05, 0.1) is 24.3 Å². The molecule has 0 aromatic heterocycles. The van der Waals surface area contributed by atoms with Crippen LogP contribution in [0, 0.1) is 0 Å². The predicted octanol–water partition coefficient (Wildman–Crippen LogP) is 3.82. The lowest BCUT2D eigenvalue weighted by atomic mass is 10.2. The van der Waals surface area contributed by atoms with E-state index >= 15 is 0 Å². The number of anilines is 1. The van der Waals surface area contributed by atoms with Crippen molar-refractivity contribution in [3.8, 4) is 11.5 Å². The molecule has 3 rings (SSSR count). The molecule has 7 nitrogen and oxygen atoms in total. The molecule has 0 aliphatic carbocycles. The number of rotatable bonds is 9. The van der Waals surface area contributed by atoms with Gasteiger partial charge in [-0.25, -0.2) is 8.42 Å². The maximum absolute atomic E-state index is 12.7. The Morgan fingerprint density at radius 2 is 1.71 bits per heavy atom. The number of sulfonamides is 1. The first-order valence-corrected chi connectivity index (χ1v) is 11.2. The van der Waals surface area contributed by atoms with E-state index in [0.717, 1.165) is 11.3 Å². The third-order valence-electron chi connectivity index (χ3n) is 4.44. The molecule has 0 bridgehead atoms. The Labute approximate surface area is 182 Å². The number of methoxy groups -OCH3 is 1. The summed E-state index contributed by atoms with van der Waals surface area (Å²) in [6, 6.07) is 19.9. The van der Waals surface area contributed by atoms with Gasteiger partial charge in [0.25, 0.3) is 15.9 Å².